The zero-order valence-corrected chi connectivity index (χ0v) is 9.76. The summed E-state index contributed by atoms with van der Waals surface area (Å²) in [6.45, 7) is 0. The molecule has 2 amide bonds. The predicted octanol–water partition coefficient (Wildman–Crippen LogP) is 1.57. The van der Waals surface area contributed by atoms with E-state index in [1.165, 1.54) is 36.7 Å². The van der Waals surface area contributed by atoms with Crippen LogP contribution in [0.25, 0.3) is 0 Å². The number of nitrogens with zero attached hydrogens (tertiary/aromatic N) is 1. The summed E-state index contributed by atoms with van der Waals surface area (Å²) in [5.74, 6) is -2.00. The minimum Gasteiger partial charge on any atom is -0.366 e. The molecule has 0 radical (unpaired) electrons. The topological polar surface area (TPSA) is 85.1 Å². The minimum absolute atomic E-state index is 0.271. The molecule has 0 aliphatic rings. The van der Waals surface area contributed by atoms with Crippen molar-refractivity contribution in [3.8, 4) is 0 Å². The Labute approximate surface area is 108 Å². The van der Waals surface area contributed by atoms with Crippen LogP contribution < -0.4 is 11.1 Å². The Bertz CT molecular complexity index is 629. The number of carbonyl (C=O) groups is 2. The lowest BCUT2D eigenvalue weighted by Gasteiger charge is -2.06. The lowest BCUT2D eigenvalue weighted by molar-refractivity contribution is 0.0992. The molecular formula is C13H10FN3O2. The highest BCUT2D eigenvalue weighted by Gasteiger charge is 2.11. The molecule has 5 nitrogen and oxygen atoms in total. The molecule has 0 saturated heterocycles. The SMILES string of the molecule is NC(=O)c1cc(NC(=O)c2ccncc2)ccc1F. The molecule has 0 unspecified atom stereocenters. The van der Waals surface area contributed by atoms with Gasteiger partial charge in [-0.05, 0) is 30.3 Å². The van der Waals surface area contributed by atoms with Crippen molar-refractivity contribution in [3.05, 3.63) is 59.7 Å². The zero-order valence-electron chi connectivity index (χ0n) is 9.76. The standard InChI is InChI=1S/C13H10FN3O2/c14-11-2-1-9(7-10(11)12(15)18)17-13(19)8-3-5-16-6-4-8/h1-7H,(H2,15,18)(H,17,19). The Kier molecular flexibility index (Phi) is 3.51. The number of benzene rings is 1. The summed E-state index contributed by atoms with van der Waals surface area (Å²) in [6, 6.07) is 6.68. The van der Waals surface area contributed by atoms with Crippen LogP contribution in [0.1, 0.15) is 20.7 Å². The molecule has 1 aromatic carbocycles. The number of hydrogen-bond donors (Lipinski definition) is 2. The molecule has 3 N–H and O–H groups in total. The van der Waals surface area contributed by atoms with Gasteiger partial charge in [-0.15, -0.1) is 0 Å². The summed E-state index contributed by atoms with van der Waals surface area (Å²) in [5.41, 5.74) is 5.45. The van der Waals surface area contributed by atoms with Crippen molar-refractivity contribution >= 4 is 17.5 Å². The number of hydrogen-bond acceptors (Lipinski definition) is 3. The van der Waals surface area contributed by atoms with E-state index in [0.29, 0.717) is 5.56 Å². The Morgan fingerprint density at radius 3 is 2.47 bits per heavy atom. The van der Waals surface area contributed by atoms with Crippen molar-refractivity contribution in [3.63, 3.8) is 0 Å². The molecule has 0 bridgehead atoms. The third-order valence-electron chi connectivity index (χ3n) is 2.43. The van der Waals surface area contributed by atoms with Crippen molar-refractivity contribution in [2.45, 2.75) is 0 Å². The van der Waals surface area contributed by atoms with E-state index < -0.39 is 11.7 Å². The molecule has 0 fully saturated rings. The molecule has 0 saturated carbocycles. The van der Waals surface area contributed by atoms with Gasteiger partial charge in [0.2, 0.25) is 0 Å². The number of carbonyl (C=O) groups excluding carboxylic acids is 2. The first-order valence-corrected chi connectivity index (χ1v) is 5.38. The van der Waals surface area contributed by atoms with Gasteiger partial charge < -0.3 is 11.1 Å². The molecule has 0 spiro atoms. The van der Waals surface area contributed by atoms with Crippen LogP contribution in [-0.4, -0.2) is 16.8 Å². The second-order valence-corrected chi connectivity index (χ2v) is 3.75. The summed E-state index contributed by atoms with van der Waals surface area (Å²) < 4.78 is 13.3. The second kappa shape index (κ2) is 5.26. The van der Waals surface area contributed by atoms with Gasteiger partial charge in [0.25, 0.3) is 11.8 Å². The monoisotopic (exact) mass is 259 g/mol. The third-order valence-corrected chi connectivity index (χ3v) is 2.43. The smallest absolute Gasteiger partial charge is 0.255 e. The Morgan fingerprint density at radius 1 is 1.16 bits per heavy atom. The highest BCUT2D eigenvalue weighted by Crippen LogP contribution is 2.15. The maximum Gasteiger partial charge on any atom is 0.255 e. The van der Waals surface area contributed by atoms with Gasteiger partial charge in [-0.3, -0.25) is 14.6 Å². The van der Waals surface area contributed by atoms with Crippen molar-refractivity contribution < 1.29 is 14.0 Å². The molecule has 19 heavy (non-hydrogen) atoms. The van der Waals surface area contributed by atoms with Gasteiger partial charge in [-0.25, -0.2) is 4.39 Å². The fraction of sp³-hybridized carbons (Fsp3) is 0. The van der Waals surface area contributed by atoms with E-state index in [2.05, 4.69) is 10.3 Å². The zero-order chi connectivity index (χ0) is 13.8. The molecule has 0 aliphatic heterocycles. The predicted molar refractivity (Wildman–Crippen MR) is 67.1 cm³/mol. The Hall–Kier alpha value is -2.76. The molecule has 6 heteroatoms. The van der Waals surface area contributed by atoms with Crippen LogP contribution in [0.4, 0.5) is 10.1 Å². The quantitative estimate of drug-likeness (QED) is 0.877. The average molecular weight is 259 g/mol. The number of amides is 2. The maximum atomic E-state index is 13.3. The van der Waals surface area contributed by atoms with Gasteiger partial charge in [0.05, 0.1) is 5.56 Å². The Balaban J connectivity index is 2.23. The third kappa shape index (κ3) is 2.92. The van der Waals surface area contributed by atoms with Gasteiger partial charge in [0.15, 0.2) is 0 Å². The number of pyridine rings is 1. The number of nitrogens with two attached hydrogens (primary N) is 1. The van der Waals surface area contributed by atoms with E-state index >= 15 is 0 Å². The number of rotatable bonds is 3. The van der Waals surface area contributed by atoms with E-state index in [4.69, 9.17) is 5.73 Å². The lowest BCUT2D eigenvalue weighted by atomic mass is 10.1. The van der Waals surface area contributed by atoms with Gasteiger partial charge in [-0.1, -0.05) is 0 Å². The highest BCUT2D eigenvalue weighted by atomic mass is 19.1. The van der Waals surface area contributed by atoms with E-state index in [1.807, 2.05) is 0 Å². The highest BCUT2D eigenvalue weighted by molar-refractivity contribution is 6.04. The maximum absolute atomic E-state index is 13.3. The van der Waals surface area contributed by atoms with Crippen LogP contribution in [-0.2, 0) is 0 Å². The van der Waals surface area contributed by atoms with Gasteiger partial charge in [-0.2, -0.15) is 0 Å². The number of halogens is 1. The number of nitrogens with one attached hydrogen (secondary N) is 1. The number of anilines is 1. The number of primary amides is 1. The van der Waals surface area contributed by atoms with Crippen molar-refractivity contribution in [2.75, 3.05) is 5.32 Å². The van der Waals surface area contributed by atoms with Crippen LogP contribution in [0.5, 0.6) is 0 Å². The summed E-state index contributed by atoms with van der Waals surface area (Å²) in [4.78, 5) is 26.6. The van der Waals surface area contributed by atoms with Gasteiger partial charge in [0.1, 0.15) is 5.82 Å². The van der Waals surface area contributed by atoms with Crippen LogP contribution in [0.15, 0.2) is 42.7 Å². The van der Waals surface area contributed by atoms with Crippen LogP contribution in [0, 0.1) is 5.82 Å². The lowest BCUT2D eigenvalue weighted by Crippen LogP contribution is -2.16. The van der Waals surface area contributed by atoms with E-state index in [-0.39, 0.29) is 17.2 Å². The minimum atomic E-state index is -0.891. The van der Waals surface area contributed by atoms with E-state index in [9.17, 15) is 14.0 Å². The fourth-order valence-electron chi connectivity index (χ4n) is 1.50. The average Bonchev–Trinajstić information content (AvgIpc) is 2.41. The summed E-state index contributed by atoms with van der Waals surface area (Å²) in [5, 5.41) is 2.54. The molecule has 2 aromatic rings. The molecule has 0 atom stereocenters. The first kappa shape index (κ1) is 12.7. The molecule has 2 rings (SSSR count). The largest absolute Gasteiger partial charge is 0.366 e. The molecule has 1 aromatic heterocycles. The second-order valence-electron chi connectivity index (χ2n) is 3.75. The van der Waals surface area contributed by atoms with Gasteiger partial charge in [0, 0.05) is 23.6 Å². The normalized spacial score (nSPS) is 9.95. The molecule has 0 aliphatic carbocycles. The van der Waals surface area contributed by atoms with E-state index in [1.54, 1.807) is 0 Å². The van der Waals surface area contributed by atoms with Crippen molar-refractivity contribution in [2.24, 2.45) is 5.73 Å². The van der Waals surface area contributed by atoms with Crippen LogP contribution in [0.3, 0.4) is 0 Å². The first-order valence-electron chi connectivity index (χ1n) is 5.38. The molecular weight excluding hydrogens is 249 g/mol. The Morgan fingerprint density at radius 2 is 1.84 bits per heavy atom. The molecule has 96 valence electrons. The summed E-state index contributed by atoms with van der Waals surface area (Å²) >= 11 is 0. The summed E-state index contributed by atoms with van der Waals surface area (Å²) in [6.07, 6.45) is 2.96. The van der Waals surface area contributed by atoms with Crippen LogP contribution in [0.2, 0.25) is 0 Å². The fourth-order valence-corrected chi connectivity index (χ4v) is 1.50. The van der Waals surface area contributed by atoms with Crippen LogP contribution >= 0.6 is 0 Å². The first-order chi connectivity index (χ1) is 9.08. The van der Waals surface area contributed by atoms with E-state index in [0.717, 1.165) is 6.07 Å². The molecule has 1 heterocycles. The number of aromatic nitrogens is 1. The van der Waals surface area contributed by atoms with Crippen molar-refractivity contribution in [1.82, 2.24) is 4.98 Å². The van der Waals surface area contributed by atoms with Gasteiger partial charge >= 0.3 is 0 Å². The summed E-state index contributed by atoms with van der Waals surface area (Å²) in [7, 11) is 0. The van der Waals surface area contributed by atoms with Crippen molar-refractivity contribution in [1.29, 1.82) is 0 Å².